The first-order chi connectivity index (χ1) is 9.90. The number of nitrogens with one attached hydrogen (secondary N) is 1. The second-order valence-electron chi connectivity index (χ2n) is 6.16. The van der Waals surface area contributed by atoms with Crippen molar-refractivity contribution in [2.24, 2.45) is 0 Å². The second-order valence-corrected chi connectivity index (χ2v) is 7.07. The Kier molecular flexibility index (Phi) is 5.07. The van der Waals surface area contributed by atoms with Crippen LogP contribution in [0.1, 0.15) is 31.9 Å². The molecule has 0 aromatic heterocycles. The van der Waals surface area contributed by atoms with Crippen LogP contribution in [0, 0.1) is 0 Å². The summed E-state index contributed by atoms with van der Waals surface area (Å²) in [5.74, 6) is 1.74. The van der Waals surface area contributed by atoms with Gasteiger partial charge >= 0.3 is 0 Å². The van der Waals surface area contributed by atoms with Crippen molar-refractivity contribution < 1.29 is 4.74 Å². The van der Waals surface area contributed by atoms with Crippen LogP contribution in [0.2, 0.25) is 0 Å². The molecule has 0 aliphatic rings. The molecule has 0 heterocycles. The minimum atomic E-state index is 0.158. The van der Waals surface area contributed by atoms with Gasteiger partial charge < -0.3 is 10.1 Å². The fourth-order valence-corrected chi connectivity index (χ4v) is 2.45. The molecule has 0 aliphatic carbocycles. The lowest BCUT2D eigenvalue weighted by molar-refractivity contribution is 0.473. The van der Waals surface area contributed by atoms with Gasteiger partial charge in [-0.2, -0.15) is 0 Å². The fraction of sp³-hybridized carbons (Fsp3) is 0.333. The quantitative estimate of drug-likeness (QED) is 0.814. The molecule has 21 heavy (non-hydrogen) atoms. The molecule has 0 radical (unpaired) electrons. The van der Waals surface area contributed by atoms with Gasteiger partial charge in [0.15, 0.2) is 0 Å². The first-order valence-corrected chi connectivity index (χ1v) is 7.91. The van der Waals surface area contributed by atoms with Crippen molar-refractivity contribution in [3.05, 3.63) is 58.1 Å². The molecule has 0 fully saturated rings. The number of halogens is 1. The third kappa shape index (κ3) is 4.32. The minimum absolute atomic E-state index is 0.158. The molecule has 3 heteroatoms. The summed E-state index contributed by atoms with van der Waals surface area (Å²) in [4.78, 5) is 0. The van der Waals surface area contributed by atoms with Crippen molar-refractivity contribution in [1.82, 2.24) is 5.32 Å². The van der Waals surface area contributed by atoms with Crippen LogP contribution in [0.15, 0.2) is 46.9 Å². The number of rotatable bonds is 4. The Morgan fingerprint density at radius 1 is 1.05 bits per heavy atom. The summed E-state index contributed by atoms with van der Waals surface area (Å²) in [6.07, 6.45) is 0. The molecule has 0 aliphatic heterocycles. The number of benzene rings is 2. The maximum Gasteiger partial charge on any atom is 0.133 e. The van der Waals surface area contributed by atoms with E-state index in [1.54, 1.807) is 0 Å². The van der Waals surface area contributed by atoms with E-state index < -0.39 is 0 Å². The highest BCUT2D eigenvalue weighted by Crippen LogP contribution is 2.30. The molecule has 2 nitrogen and oxygen atoms in total. The van der Waals surface area contributed by atoms with Crippen LogP contribution in [0.3, 0.4) is 0 Å². The normalized spacial score (nSPS) is 11.5. The average Bonchev–Trinajstić information content (AvgIpc) is 2.42. The number of hydrogen-bond donors (Lipinski definition) is 1. The van der Waals surface area contributed by atoms with Crippen LogP contribution in [0.4, 0.5) is 0 Å². The third-order valence-corrected chi connectivity index (χ3v) is 3.84. The predicted molar refractivity (Wildman–Crippen MR) is 92.1 cm³/mol. The summed E-state index contributed by atoms with van der Waals surface area (Å²) in [5, 5.41) is 3.16. The van der Waals surface area contributed by atoms with Crippen molar-refractivity contribution in [3.8, 4) is 11.5 Å². The average molecular weight is 348 g/mol. The highest BCUT2D eigenvalue weighted by Gasteiger charge is 2.13. The van der Waals surface area contributed by atoms with Gasteiger partial charge in [-0.25, -0.2) is 0 Å². The van der Waals surface area contributed by atoms with E-state index in [2.05, 4.69) is 60.2 Å². The van der Waals surface area contributed by atoms with Crippen molar-refractivity contribution in [1.29, 1.82) is 0 Å². The second kappa shape index (κ2) is 6.63. The first kappa shape index (κ1) is 16.1. The molecule has 0 amide bonds. The summed E-state index contributed by atoms with van der Waals surface area (Å²) in [6.45, 7) is 7.41. The lowest BCUT2D eigenvalue weighted by Gasteiger charge is -2.19. The number of hydrogen-bond acceptors (Lipinski definition) is 2. The zero-order chi connectivity index (χ0) is 15.5. The van der Waals surface area contributed by atoms with Gasteiger partial charge in [0.1, 0.15) is 11.5 Å². The van der Waals surface area contributed by atoms with Gasteiger partial charge in [0, 0.05) is 16.6 Å². The smallest absolute Gasteiger partial charge is 0.133 e. The zero-order valence-electron chi connectivity index (χ0n) is 13.0. The molecule has 0 atom stereocenters. The van der Waals surface area contributed by atoms with E-state index in [1.165, 1.54) is 5.56 Å². The summed E-state index contributed by atoms with van der Waals surface area (Å²) in [6, 6.07) is 14.4. The Morgan fingerprint density at radius 2 is 1.71 bits per heavy atom. The Labute approximate surface area is 135 Å². The first-order valence-electron chi connectivity index (χ1n) is 7.11. The molecule has 0 saturated carbocycles. The zero-order valence-corrected chi connectivity index (χ0v) is 14.6. The Bertz CT molecular complexity index is 600. The largest absolute Gasteiger partial charge is 0.457 e. The van der Waals surface area contributed by atoms with Crippen molar-refractivity contribution in [2.45, 2.75) is 32.7 Å². The van der Waals surface area contributed by atoms with Crippen LogP contribution < -0.4 is 10.1 Å². The molecule has 2 rings (SSSR count). The van der Waals surface area contributed by atoms with E-state index in [4.69, 9.17) is 4.74 Å². The molecule has 0 bridgehead atoms. The highest BCUT2D eigenvalue weighted by atomic mass is 79.9. The Morgan fingerprint density at radius 3 is 2.29 bits per heavy atom. The van der Waals surface area contributed by atoms with Gasteiger partial charge in [-0.05, 0) is 42.3 Å². The molecule has 2 aromatic carbocycles. The van der Waals surface area contributed by atoms with Gasteiger partial charge in [0.05, 0.1) is 0 Å². The maximum atomic E-state index is 6.04. The van der Waals surface area contributed by atoms with Crippen molar-refractivity contribution in [2.75, 3.05) is 7.05 Å². The molecule has 0 spiro atoms. The summed E-state index contributed by atoms with van der Waals surface area (Å²) in [5.41, 5.74) is 2.60. The monoisotopic (exact) mass is 347 g/mol. The van der Waals surface area contributed by atoms with Gasteiger partial charge in [-0.3, -0.25) is 0 Å². The topological polar surface area (TPSA) is 21.3 Å². The third-order valence-electron chi connectivity index (χ3n) is 3.34. The number of ether oxygens (including phenoxy) is 1. The van der Waals surface area contributed by atoms with E-state index in [1.807, 2.05) is 31.3 Å². The van der Waals surface area contributed by atoms with Gasteiger partial charge in [0.25, 0.3) is 0 Å². The van der Waals surface area contributed by atoms with Crippen LogP contribution in [-0.2, 0) is 12.0 Å². The van der Waals surface area contributed by atoms with Crippen molar-refractivity contribution >= 4 is 15.9 Å². The van der Waals surface area contributed by atoms with Crippen LogP contribution >= 0.6 is 15.9 Å². The van der Waals surface area contributed by atoms with E-state index >= 15 is 0 Å². The molecule has 0 unspecified atom stereocenters. The van der Waals surface area contributed by atoms with E-state index in [-0.39, 0.29) is 5.41 Å². The van der Waals surface area contributed by atoms with Gasteiger partial charge in [-0.15, -0.1) is 0 Å². The molecule has 112 valence electrons. The molecular formula is C18H22BrNO. The van der Waals surface area contributed by atoms with Crippen LogP contribution in [0.5, 0.6) is 11.5 Å². The summed E-state index contributed by atoms with van der Waals surface area (Å²) in [7, 11) is 1.93. The lowest BCUT2D eigenvalue weighted by atomic mass is 9.87. The lowest BCUT2D eigenvalue weighted by Crippen LogP contribution is -2.10. The van der Waals surface area contributed by atoms with Crippen molar-refractivity contribution in [3.63, 3.8) is 0 Å². The maximum absolute atomic E-state index is 6.04. The van der Waals surface area contributed by atoms with E-state index in [0.717, 1.165) is 28.1 Å². The minimum Gasteiger partial charge on any atom is -0.457 e. The predicted octanol–water partition coefficient (Wildman–Crippen LogP) is 5.26. The summed E-state index contributed by atoms with van der Waals surface area (Å²) >= 11 is 3.50. The molecule has 1 N–H and O–H groups in total. The summed E-state index contributed by atoms with van der Waals surface area (Å²) < 4.78 is 7.06. The fourth-order valence-electron chi connectivity index (χ4n) is 2.11. The molecule has 2 aromatic rings. The molecule has 0 saturated heterocycles. The van der Waals surface area contributed by atoms with E-state index in [0.29, 0.717) is 0 Å². The van der Waals surface area contributed by atoms with Gasteiger partial charge in [0.2, 0.25) is 0 Å². The van der Waals surface area contributed by atoms with Gasteiger partial charge in [-0.1, -0.05) is 54.9 Å². The Balaban J connectivity index is 2.23. The Hall–Kier alpha value is -1.32. The van der Waals surface area contributed by atoms with Crippen LogP contribution in [-0.4, -0.2) is 7.05 Å². The van der Waals surface area contributed by atoms with Crippen LogP contribution in [0.25, 0.3) is 0 Å². The SMILES string of the molecule is CNCc1ccc(Br)cc1Oc1ccc(C(C)(C)C)cc1. The molecular weight excluding hydrogens is 326 g/mol. The standard InChI is InChI=1S/C18H22BrNO/c1-18(2,3)14-6-9-16(10-7-14)21-17-11-15(19)8-5-13(17)12-20-4/h5-11,20H,12H2,1-4H3. The van der Waals surface area contributed by atoms with E-state index in [9.17, 15) is 0 Å². The highest BCUT2D eigenvalue weighted by molar-refractivity contribution is 9.10.